The van der Waals surface area contributed by atoms with Gasteiger partial charge >= 0.3 is 0 Å². The summed E-state index contributed by atoms with van der Waals surface area (Å²) in [5, 5.41) is 0.263. The number of hydrogen-bond donors (Lipinski definition) is 0. The van der Waals surface area contributed by atoms with Gasteiger partial charge in [-0.2, -0.15) is 0 Å². The minimum absolute atomic E-state index is 0.216. The fraction of sp³-hybridized carbons (Fsp3) is 0.0625. The average Bonchev–Trinajstić information content (AvgIpc) is 2.40. The number of hydrogen-bond acceptors (Lipinski definition) is 2. The Labute approximate surface area is 109 Å². The highest BCUT2D eigenvalue weighted by atomic mass is 19.1. The van der Waals surface area contributed by atoms with Crippen LogP contribution in [0.5, 0.6) is 0 Å². The molecule has 1 heterocycles. The Hall–Kier alpha value is -2.42. The van der Waals surface area contributed by atoms with E-state index < -0.39 is 5.82 Å². The minimum atomic E-state index is -0.443. The van der Waals surface area contributed by atoms with Gasteiger partial charge in [-0.15, -0.1) is 0 Å². The van der Waals surface area contributed by atoms with Crippen LogP contribution in [0.15, 0.2) is 57.9 Å². The molecule has 0 amide bonds. The molecule has 0 aliphatic rings. The Morgan fingerprint density at radius 2 is 1.95 bits per heavy atom. The second kappa shape index (κ2) is 4.35. The van der Waals surface area contributed by atoms with E-state index in [1.807, 2.05) is 31.2 Å². The second-order valence-corrected chi connectivity index (χ2v) is 4.49. The van der Waals surface area contributed by atoms with Crippen LogP contribution in [0.25, 0.3) is 22.1 Å². The summed E-state index contributed by atoms with van der Waals surface area (Å²) in [7, 11) is 0. The first kappa shape index (κ1) is 11.7. The third-order valence-corrected chi connectivity index (χ3v) is 3.06. The van der Waals surface area contributed by atoms with Gasteiger partial charge in [-0.1, -0.05) is 29.8 Å². The van der Waals surface area contributed by atoms with E-state index in [1.54, 1.807) is 0 Å². The summed E-state index contributed by atoms with van der Waals surface area (Å²) >= 11 is 0. The highest BCUT2D eigenvalue weighted by Crippen LogP contribution is 2.21. The van der Waals surface area contributed by atoms with Crippen LogP contribution in [0.3, 0.4) is 0 Å². The largest absolute Gasteiger partial charge is 0.463 e. The smallest absolute Gasteiger partial charge is 0.200 e. The number of aryl methyl sites for hydroxylation is 1. The molecule has 0 radical (unpaired) electrons. The number of benzene rings is 2. The van der Waals surface area contributed by atoms with Crippen molar-refractivity contribution < 1.29 is 8.81 Å². The molecule has 94 valence electrons. The van der Waals surface area contributed by atoms with E-state index in [1.165, 1.54) is 24.5 Å². The zero-order valence-electron chi connectivity index (χ0n) is 10.3. The maximum Gasteiger partial charge on any atom is 0.200 e. The van der Waals surface area contributed by atoms with Gasteiger partial charge in [-0.25, -0.2) is 4.39 Å². The molecule has 0 fully saturated rings. The summed E-state index contributed by atoms with van der Waals surface area (Å²) in [4.78, 5) is 12.4. The molecule has 3 rings (SSSR count). The topological polar surface area (TPSA) is 30.2 Å². The van der Waals surface area contributed by atoms with Gasteiger partial charge in [0.25, 0.3) is 0 Å². The third kappa shape index (κ3) is 2.03. The molecule has 0 aliphatic heterocycles. The zero-order valence-corrected chi connectivity index (χ0v) is 10.3. The van der Waals surface area contributed by atoms with E-state index in [2.05, 4.69) is 0 Å². The number of halogens is 1. The fourth-order valence-electron chi connectivity index (χ4n) is 2.12. The monoisotopic (exact) mass is 254 g/mol. The van der Waals surface area contributed by atoms with Crippen molar-refractivity contribution in [1.82, 2.24) is 0 Å². The Morgan fingerprint density at radius 1 is 1.11 bits per heavy atom. The molecular weight excluding hydrogens is 243 g/mol. The summed E-state index contributed by atoms with van der Waals surface area (Å²) in [6, 6.07) is 11.5. The zero-order chi connectivity index (χ0) is 13.4. The van der Waals surface area contributed by atoms with E-state index in [9.17, 15) is 9.18 Å². The first-order valence-corrected chi connectivity index (χ1v) is 5.93. The van der Waals surface area contributed by atoms with Gasteiger partial charge in [0.05, 0.1) is 10.9 Å². The number of fused-ring (bicyclic) bond motifs is 1. The molecule has 1 aromatic heterocycles. The maximum absolute atomic E-state index is 13.2. The molecule has 0 aliphatic carbocycles. The molecule has 3 aromatic rings. The predicted molar refractivity (Wildman–Crippen MR) is 72.6 cm³/mol. The molecule has 0 N–H and O–H groups in total. The first-order valence-electron chi connectivity index (χ1n) is 5.93. The highest BCUT2D eigenvalue weighted by molar-refractivity contribution is 5.81. The van der Waals surface area contributed by atoms with Crippen molar-refractivity contribution >= 4 is 11.0 Å². The van der Waals surface area contributed by atoms with E-state index in [0.29, 0.717) is 11.1 Å². The van der Waals surface area contributed by atoms with Crippen molar-refractivity contribution in [2.24, 2.45) is 0 Å². The quantitative estimate of drug-likeness (QED) is 0.659. The van der Waals surface area contributed by atoms with Crippen molar-refractivity contribution in [2.45, 2.75) is 6.92 Å². The molecule has 0 atom stereocenters. The summed E-state index contributed by atoms with van der Waals surface area (Å²) in [5.41, 5.74) is 2.45. The van der Waals surface area contributed by atoms with Crippen molar-refractivity contribution in [3.8, 4) is 11.1 Å². The third-order valence-electron chi connectivity index (χ3n) is 3.06. The van der Waals surface area contributed by atoms with Crippen LogP contribution in [0, 0.1) is 12.7 Å². The Morgan fingerprint density at radius 3 is 2.74 bits per heavy atom. The highest BCUT2D eigenvalue weighted by Gasteiger charge is 2.09. The van der Waals surface area contributed by atoms with Crippen LogP contribution in [0.1, 0.15) is 5.56 Å². The molecule has 19 heavy (non-hydrogen) atoms. The fourth-order valence-corrected chi connectivity index (χ4v) is 2.12. The van der Waals surface area contributed by atoms with Gasteiger partial charge < -0.3 is 4.42 Å². The summed E-state index contributed by atoms with van der Waals surface area (Å²) in [6.07, 6.45) is 1.43. The average molecular weight is 254 g/mol. The Kier molecular flexibility index (Phi) is 2.67. The lowest BCUT2D eigenvalue weighted by molar-refractivity contribution is 0.598. The van der Waals surface area contributed by atoms with Gasteiger partial charge in [0.2, 0.25) is 5.43 Å². The number of rotatable bonds is 1. The van der Waals surface area contributed by atoms with Crippen LogP contribution in [-0.2, 0) is 0 Å². The lowest BCUT2D eigenvalue weighted by atomic mass is 10.0. The van der Waals surface area contributed by atoms with Crippen molar-refractivity contribution in [3.05, 3.63) is 70.3 Å². The van der Waals surface area contributed by atoms with Gasteiger partial charge in [0.1, 0.15) is 17.7 Å². The van der Waals surface area contributed by atoms with E-state index >= 15 is 0 Å². The normalized spacial score (nSPS) is 10.8. The van der Waals surface area contributed by atoms with Gasteiger partial charge in [0.15, 0.2) is 0 Å². The first-order chi connectivity index (χ1) is 9.15. The van der Waals surface area contributed by atoms with E-state index in [0.717, 1.165) is 11.1 Å². The minimum Gasteiger partial charge on any atom is -0.463 e. The van der Waals surface area contributed by atoms with Crippen LogP contribution in [-0.4, -0.2) is 0 Å². The van der Waals surface area contributed by atoms with Gasteiger partial charge in [0, 0.05) is 0 Å². The van der Waals surface area contributed by atoms with Crippen LogP contribution in [0.4, 0.5) is 4.39 Å². The van der Waals surface area contributed by atoms with E-state index in [4.69, 9.17) is 4.42 Å². The van der Waals surface area contributed by atoms with E-state index in [-0.39, 0.29) is 10.8 Å². The summed E-state index contributed by atoms with van der Waals surface area (Å²) in [5.74, 6) is -0.443. The Bertz CT molecular complexity index is 818. The molecule has 0 unspecified atom stereocenters. The lowest BCUT2D eigenvalue weighted by Crippen LogP contribution is -2.05. The molecule has 0 spiro atoms. The second-order valence-electron chi connectivity index (χ2n) is 4.49. The van der Waals surface area contributed by atoms with Crippen molar-refractivity contribution in [1.29, 1.82) is 0 Å². The maximum atomic E-state index is 13.2. The molecule has 0 saturated heterocycles. The molecule has 3 heteroatoms. The van der Waals surface area contributed by atoms with Crippen molar-refractivity contribution in [2.75, 3.05) is 0 Å². The van der Waals surface area contributed by atoms with Crippen LogP contribution < -0.4 is 5.43 Å². The molecule has 2 aromatic carbocycles. The molecule has 2 nitrogen and oxygen atoms in total. The molecule has 0 bridgehead atoms. The SMILES string of the molecule is Cc1cccc(-c2coc3ccc(F)cc3c2=O)c1. The van der Waals surface area contributed by atoms with Gasteiger partial charge in [-0.3, -0.25) is 4.79 Å². The molecule has 0 saturated carbocycles. The predicted octanol–water partition coefficient (Wildman–Crippen LogP) is 3.91. The van der Waals surface area contributed by atoms with Crippen LogP contribution in [0.2, 0.25) is 0 Å². The van der Waals surface area contributed by atoms with Crippen LogP contribution >= 0.6 is 0 Å². The summed E-state index contributed by atoms with van der Waals surface area (Å²) < 4.78 is 18.6. The van der Waals surface area contributed by atoms with Gasteiger partial charge in [-0.05, 0) is 30.7 Å². The standard InChI is InChI=1S/C16H11FO2/c1-10-3-2-4-11(7-10)14-9-19-15-6-5-12(17)8-13(15)16(14)18/h2-9H,1H3. The van der Waals surface area contributed by atoms with Crippen molar-refractivity contribution in [3.63, 3.8) is 0 Å². The molecular formula is C16H11FO2. The summed E-state index contributed by atoms with van der Waals surface area (Å²) in [6.45, 7) is 1.95. The lowest BCUT2D eigenvalue weighted by Gasteiger charge is -2.03. The Balaban J connectivity index is 2.31.